The molecule has 0 aliphatic carbocycles. The summed E-state index contributed by atoms with van der Waals surface area (Å²) in [5.41, 5.74) is 1.14. The summed E-state index contributed by atoms with van der Waals surface area (Å²) in [5, 5.41) is 0.344. The van der Waals surface area contributed by atoms with Crippen LogP contribution in [0.15, 0.2) is 64.5 Å². The van der Waals surface area contributed by atoms with Crippen LogP contribution in [-0.4, -0.2) is 24.7 Å². The molecule has 0 saturated carbocycles. The Morgan fingerprint density at radius 3 is 2.32 bits per heavy atom. The van der Waals surface area contributed by atoms with Crippen molar-refractivity contribution in [3.05, 3.63) is 76.7 Å². The van der Waals surface area contributed by atoms with Gasteiger partial charge in [0.25, 0.3) is 5.91 Å². The van der Waals surface area contributed by atoms with Gasteiger partial charge in [-0.3, -0.25) is 9.69 Å². The smallest absolute Gasteiger partial charge is 0.271 e. The first-order chi connectivity index (χ1) is 16.5. The fourth-order valence-corrected chi connectivity index (χ4v) is 4.62. The Kier molecular flexibility index (Phi) is 4.88. The molecule has 0 spiro atoms. The highest BCUT2D eigenvalue weighted by Crippen LogP contribution is 2.42. The number of carbonyl (C=O) groups is 1. The molecular weight excluding hydrogens is 466 g/mol. The molecule has 1 fully saturated rings. The largest absolute Gasteiger partial charge is 0.454 e. The molecule has 6 rings (SSSR count). The Balaban J connectivity index is 1.43. The lowest BCUT2D eigenvalue weighted by molar-refractivity contribution is -0.113. The second-order valence-corrected chi connectivity index (χ2v) is 8.40. The number of amides is 1. The summed E-state index contributed by atoms with van der Waals surface area (Å²) >= 11 is 1.07. The van der Waals surface area contributed by atoms with Gasteiger partial charge in [0.2, 0.25) is 13.6 Å². The van der Waals surface area contributed by atoms with Gasteiger partial charge < -0.3 is 18.9 Å². The molecule has 3 aromatic carbocycles. The molecule has 3 heterocycles. The highest BCUT2D eigenvalue weighted by atomic mass is 32.2. The van der Waals surface area contributed by atoms with Gasteiger partial charge in [-0.1, -0.05) is 0 Å². The monoisotopic (exact) mass is 480 g/mol. The van der Waals surface area contributed by atoms with Crippen LogP contribution in [0.1, 0.15) is 5.56 Å². The molecule has 0 unspecified atom stereocenters. The standard InChI is InChI=1S/C24H14F2N2O5S/c25-14-2-1-13(17(26)8-14)7-22-23(29)28(16-4-6-19-21(10-16)33-12-31-19)24(34-22)27-15-3-5-18-20(9-15)32-11-30-18/h1-10H,11-12H2/b22-7-,27-24?. The first kappa shape index (κ1) is 20.5. The number of nitrogens with zero attached hydrogens (tertiary/aromatic N) is 2. The first-order valence-corrected chi connectivity index (χ1v) is 10.9. The van der Waals surface area contributed by atoms with Gasteiger partial charge in [0, 0.05) is 23.8 Å². The summed E-state index contributed by atoms with van der Waals surface area (Å²) in [6.45, 7) is 0.219. The number of aliphatic imine (C=N–C) groups is 1. The highest BCUT2D eigenvalue weighted by molar-refractivity contribution is 8.19. The Morgan fingerprint density at radius 1 is 0.853 bits per heavy atom. The SMILES string of the molecule is O=C1/C(=C/c2ccc(F)cc2F)SC(=Nc2ccc3c(c2)OCO3)N1c1ccc2c(c1)OCO2. The van der Waals surface area contributed by atoms with Crippen molar-refractivity contribution in [1.29, 1.82) is 0 Å². The Bertz CT molecular complexity index is 1410. The number of hydrogen-bond acceptors (Lipinski definition) is 7. The number of ether oxygens (including phenoxy) is 4. The van der Waals surface area contributed by atoms with Crippen LogP contribution < -0.4 is 23.8 Å². The minimum Gasteiger partial charge on any atom is -0.454 e. The van der Waals surface area contributed by atoms with E-state index in [0.717, 1.165) is 23.9 Å². The van der Waals surface area contributed by atoms with E-state index in [-0.39, 0.29) is 24.1 Å². The minimum absolute atomic E-state index is 0.0900. The van der Waals surface area contributed by atoms with Crippen molar-refractivity contribution in [3.8, 4) is 23.0 Å². The lowest BCUT2D eigenvalue weighted by Gasteiger charge is -2.16. The maximum absolute atomic E-state index is 14.3. The third-order valence-corrected chi connectivity index (χ3v) is 6.22. The summed E-state index contributed by atoms with van der Waals surface area (Å²) in [6, 6.07) is 13.5. The Hall–Kier alpha value is -4.05. The van der Waals surface area contributed by atoms with Gasteiger partial charge in [0.05, 0.1) is 16.3 Å². The van der Waals surface area contributed by atoms with Crippen LogP contribution in [0.2, 0.25) is 0 Å². The molecule has 0 bridgehead atoms. The predicted molar refractivity (Wildman–Crippen MR) is 122 cm³/mol. The Morgan fingerprint density at radius 2 is 1.56 bits per heavy atom. The number of hydrogen-bond donors (Lipinski definition) is 0. The van der Waals surface area contributed by atoms with Crippen LogP contribution >= 0.6 is 11.8 Å². The third-order valence-electron chi connectivity index (χ3n) is 5.25. The molecular formula is C24H14F2N2O5S. The zero-order valence-corrected chi connectivity index (χ0v) is 18.1. The second kappa shape index (κ2) is 8.07. The quantitative estimate of drug-likeness (QED) is 0.478. The van der Waals surface area contributed by atoms with E-state index in [1.54, 1.807) is 36.4 Å². The number of rotatable bonds is 3. The van der Waals surface area contributed by atoms with Crippen LogP contribution in [0.4, 0.5) is 20.2 Å². The summed E-state index contributed by atoms with van der Waals surface area (Å²) in [6.07, 6.45) is 1.38. The first-order valence-electron chi connectivity index (χ1n) is 10.1. The van der Waals surface area contributed by atoms with E-state index < -0.39 is 17.5 Å². The van der Waals surface area contributed by atoms with Crippen molar-refractivity contribution in [3.63, 3.8) is 0 Å². The zero-order valence-electron chi connectivity index (χ0n) is 17.3. The van der Waals surface area contributed by atoms with E-state index in [0.29, 0.717) is 39.5 Å². The van der Waals surface area contributed by atoms with Gasteiger partial charge in [-0.25, -0.2) is 13.8 Å². The summed E-state index contributed by atoms with van der Waals surface area (Å²) < 4.78 is 49.2. The highest BCUT2D eigenvalue weighted by Gasteiger charge is 2.36. The maximum Gasteiger partial charge on any atom is 0.271 e. The van der Waals surface area contributed by atoms with Gasteiger partial charge in [-0.05, 0) is 54.2 Å². The molecule has 0 N–H and O–H groups in total. The molecule has 10 heteroatoms. The number of amidine groups is 1. The van der Waals surface area contributed by atoms with E-state index in [4.69, 9.17) is 18.9 Å². The molecule has 3 aromatic rings. The van der Waals surface area contributed by atoms with Crippen molar-refractivity contribution >= 4 is 40.3 Å². The fourth-order valence-electron chi connectivity index (χ4n) is 3.63. The molecule has 0 atom stereocenters. The van der Waals surface area contributed by atoms with Gasteiger partial charge in [0.1, 0.15) is 11.6 Å². The van der Waals surface area contributed by atoms with Crippen LogP contribution in [0.25, 0.3) is 6.08 Å². The van der Waals surface area contributed by atoms with Crippen LogP contribution in [-0.2, 0) is 4.79 Å². The third kappa shape index (κ3) is 3.61. The number of halogens is 2. The van der Waals surface area contributed by atoms with E-state index in [2.05, 4.69) is 4.99 Å². The Labute approximate surface area is 196 Å². The van der Waals surface area contributed by atoms with Crippen molar-refractivity contribution in [2.75, 3.05) is 18.5 Å². The normalized spacial score (nSPS) is 18.4. The molecule has 0 radical (unpaired) electrons. The number of carbonyl (C=O) groups excluding carboxylic acids is 1. The lowest BCUT2D eigenvalue weighted by Crippen LogP contribution is -2.28. The number of fused-ring (bicyclic) bond motifs is 2. The number of thioether (sulfide) groups is 1. The number of benzene rings is 3. The molecule has 34 heavy (non-hydrogen) atoms. The van der Waals surface area contributed by atoms with Gasteiger partial charge in [0.15, 0.2) is 28.2 Å². The fraction of sp³-hybridized carbons (Fsp3) is 0.0833. The van der Waals surface area contributed by atoms with E-state index in [9.17, 15) is 13.6 Å². The van der Waals surface area contributed by atoms with Gasteiger partial charge >= 0.3 is 0 Å². The summed E-state index contributed by atoms with van der Waals surface area (Å²) in [7, 11) is 0. The van der Waals surface area contributed by atoms with Gasteiger partial charge in [-0.2, -0.15) is 0 Å². The van der Waals surface area contributed by atoms with E-state index in [1.165, 1.54) is 17.0 Å². The summed E-state index contributed by atoms with van der Waals surface area (Å²) in [5.74, 6) is 0.358. The van der Waals surface area contributed by atoms with Crippen molar-refractivity contribution in [1.82, 2.24) is 0 Å². The zero-order chi connectivity index (χ0) is 23.2. The van der Waals surface area contributed by atoms with Crippen LogP contribution in [0.5, 0.6) is 23.0 Å². The second-order valence-electron chi connectivity index (χ2n) is 7.39. The average Bonchev–Trinajstić information content (AvgIpc) is 3.54. The van der Waals surface area contributed by atoms with Crippen LogP contribution in [0, 0.1) is 11.6 Å². The van der Waals surface area contributed by atoms with Crippen molar-refractivity contribution < 1.29 is 32.5 Å². The molecule has 1 amide bonds. The predicted octanol–water partition coefficient (Wildman–Crippen LogP) is 5.23. The number of anilines is 1. The molecule has 0 aromatic heterocycles. The molecule has 1 saturated heterocycles. The maximum atomic E-state index is 14.3. The molecule has 3 aliphatic rings. The minimum atomic E-state index is -0.767. The molecule has 170 valence electrons. The lowest BCUT2D eigenvalue weighted by atomic mass is 10.2. The van der Waals surface area contributed by atoms with Crippen LogP contribution in [0.3, 0.4) is 0 Å². The average molecular weight is 480 g/mol. The molecule has 7 nitrogen and oxygen atoms in total. The van der Waals surface area contributed by atoms with Crippen molar-refractivity contribution in [2.24, 2.45) is 4.99 Å². The van der Waals surface area contributed by atoms with Gasteiger partial charge in [-0.15, -0.1) is 0 Å². The summed E-state index contributed by atoms with van der Waals surface area (Å²) in [4.78, 5) is 19.7. The topological polar surface area (TPSA) is 69.6 Å². The molecule has 3 aliphatic heterocycles. The van der Waals surface area contributed by atoms with E-state index >= 15 is 0 Å². The van der Waals surface area contributed by atoms with Crippen molar-refractivity contribution in [2.45, 2.75) is 0 Å². The van der Waals surface area contributed by atoms with E-state index in [1.807, 2.05) is 0 Å².